The summed E-state index contributed by atoms with van der Waals surface area (Å²) in [7, 11) is 1.79. The minimum Gasteiger partial charge on any atom is -0.494 e. The Balaban J connectivity index is 1.58. The maximum atomic E-state index is 12.2. The minimum atomic E-state index is -0.0616. The predicted molar refractivity (Wildman–Crippen MR) is 103 cm³/mol. The van der Waals surface area contributed by atoms with E-state index >= 15 is 0 Å². The highest BCUT2D eigenvalue weighted by Gasteiger charge is 2.22. The zero-order valence-corrected chi connectivity index (χ0v) is 16.6. The molecule has 0 saturated carbocycles. The Bertz CT molecular complexity index is 781. The second-order valence-electron chi connectivity index (χ2n) is 5.82. The lowest BCUT2D eigenvalue weighted by Gasteiger charge is -2.13. The fraction of sp³-hybridized carbons (Fsp3) is 0.471. The molecule has 0 unspecified atom stereocenters. The smallest absolute Gasteiger partial charge is 0.230 e. The molecule has 2 aromatic rings. The number of hydrogen-bond donors (Lipinski definition) is 2. The number of amides is 1. The van der Waals surface area contributed by atoms with Crippen LogP contribution in [0.1, 0.15) is 25.0 Å². The number of carbonyl (C=O) groups excluding carboxylic acids is 1. The third-order valence-electron chi connectivity index (χ3n) is 3.80. The zero-order chi connectivity index (χ0) is 18.5. The molecule has 9 heteroatoms. The molecule has 1 aliphatic heterocycles. The molecular weight excluding hydrogens is 372 g/mol. The van der Waals surface area contributed by atoms with Crippen molar-refractivity contribution in [1.82, 2.24) is 15.5 Å². The fourth-order valence-electron chi connectivity index (χ4n) is 2.65. The number of ether oxygens (including phenoxy) is 2. The van der Waals surface area contributed by atoms with Crippen molar-refractivity contribution in [2.75, 3.05) is 24.7 Å². The van der Waals surface area contributed by atoms with Crippen LogP contribution in [0.2, 0.25) is 0 Å². The molecule has 1 atom stereocenters. The number of nitrogens with one attached hydrogen (secondary N) is 2. The van der Waals surface area contributed by atoms with Crippen molar-refractivity contribution in [2.24, 2.45) is 0 Å². The standard InChI is InChI=1S/C17H22N4O3S2/c1-4-23-13-6-11-5-10(2)24-14(11)7-12(13)8-19-15(22)9-25-17-21-20-16(18-3)26-17/h6-7,10H,4-5,8-9H2,1-3H3,(H,18,20)(H,19,22)/t10-/m1/s1. The van der Waals surface area contributed by atoms with Crippen LogP contribution in [-0.4, -0.2) is 41.6 Å². The van der Waals surface area contributed by atoms with Gasteiger partial charge in [-0.2, -0.15) is 0 Å². The lowest BCUT2D eigenvalue weighted by molar-refractivity contribution is -0.118. The Labute approximate surface area is 160 Å². The van der Waals surface area contributed by atoms with Crippen LogP contribution in [0.25, 0.3) is 0 Å². The molecule has 1 aromatic carbocycles. The maximum absolute atomic E-state index is 12.2. The number of hydrogen-bond acceptors (Lipinski definition) is 8. The number of carbonyl (C=O) groups is 1. The molecule has 1 amide bonds. The summed E-state index contributed by atoms with van der Waals surface area (Å²) in [4.78, 5) is 12.2. The monoisotopic (exact) mass is 394 g/mol. The Morgan fingerprint density at radius 1 is 1.46 bits per heavy atom. The number of rotatable bonds is 8. The molecule has 1 aliphatic rings. The number of thioether (sulfide) groups is 1. The molecular formula is C17H22N4O3S2. The van der Waals surface area contributed by atoms with Gasteiger partial charge in [0.25, 0.3) is 0 Å². The van der Waals surface area contributed by atoms with Crippen LogP contribution in [0.3, 0.4) is 0 Å². The van der Waals surface area contributed by atoms with Crippen molar-refractivity contribution in [3.63, 3.8) is 0 Å². The third kappa shape index (κ3) is 4.59. The Morgan fingerprint density at radius 3 is 3.04 bits per heavy atom. The summed E-state index contributed by atoms with van der Waals surface area (Å²) in [5.74, 6) is 1.92. The Hall–Kier alpha value is -2.00. The first-order chi connectivity index (χ1) is 12.6. The van der Waals surface area contributed by atoms with Gasteiger partial charge < -0.3 is 20.1 Å². The van der Waals surface area contributed by atoms with Gasteiger partial charge in [0.2, 0.25) is 11.0 Å². The van der Waals surface area contributed by atoms with Gasteiger partial charge in [-0.05, 0) is 26.0 Å². The normalized spacial score (nSPS) is 15.3. The van der Waals surface area contributed by atoms with Gasteiger partial charge in [-0.15, -0.1) is 10.2 Å². The van der Waals surface area contributed by atoms with Crippen molar-refractivity contribution >= 4 is 34.1 Å². The first-order valence-corrected chi connectivity index (χ1v) is 10.2. The van der Waals surface area contributed by atoms with Gasteiger partial charge in [0, 0.05) is 31.1 Å². The maximum Gasteiger partial charge on any atom is 0.230 e. The van der Waals surface area contributed by atoms with E-state index in [-0.39, 0.29) is 12.0 Å². The van der Waals surface area contributed by atoms with Crippen LogP contribution < -0.4 is 20.1 Å². The van der Waals surface area contributed by atoms with E-state index in [0.29, 0.717) is 18.9 Å². The average Bonchev–Trinajstić information content (AvgIpc) is 3.23. The summed E-state index contributed by atoms with van der Waals surface area (Å²) in [6.07, 6.45) is 1.06. The van der Waals surface area contributed by atoms with E-state index in [2.05, 4.69) is 20.8 Å². The summed E-state index contributed by atoms with van der Waals surface area (Å²) >= 11 is 2.80. The zero-order valence-electron chi connectivity index (χ0n) is 15.0. The van der Waals surface area contributed by atoms with E-state index in [1.807, 2.05) is 26.0 Å². The minimum absolute atomic E-state index is 0.0616. The van der Waals surface area contributed by atoms with Crippen molar-refractivity contribution in [3.05, 3.63) is 23.3 Å². The van der Waals surface area contributed by atoms with Crippen molar-refractivity contribution in [2.45, 2.75) is 37.3 Å². The molecule has 3 rings (SSSR count). The van der Waals surface area contributed by atoms with E-state index in [1.54, 1.807) is 7.05 Å². The SMILES string of the molecule is CCOc1cc2c(cc1CNC(=O)CSc1nnc(NC)s1)O[C@H](C)C2. The lowest BCUT2D eigenvalue weighted by Crippen LogP contribution is -2.24. The highest BCUT2D eigenvalue weighted by molar-refractivity contribution is 8.01. The van der Waals surface area contributed by atoms with Crippen LogP contribution in [0.5, 0.6) is 11.5 Å². The first-order valence-electron chi connectivity index (χ1n) is 8.45. The van der Waals surface area contributed by atoms with E-state index in [1.165, 1.54) is 23.1 Å². The number of fused-ring (bicyclic) bond motifs is 1. The van der Waals surface area contributed by atoms with Crippen LogP contribution >= 0.6 is 23.1 Å². The Morgan fingerprint density at radius 2 is 2.31 bits per heavy atom. The van der Waals surface area contributed by atoms with Crippen molar-refractivity contribution in [3.8, 4) is 11.5 Å². The highest BCUT2D eigenvalue weighted by atomic mass is 32.2. The number of anilines is 1. The predicted octanol–water partition coefficient (Wildman–Crippen LogP) is 2.71. The fourth-order valence-corrected chi connectivity index (χ4v) is 4.19. The van der Waals surface area contributed by atoms with E-state index in [9.17, 15) is 4.79 Å². The number of nitrogens with zero attached hydrogens (tertiary/aromatic N) is 2. The van der Waals surface area contributed by atoms with E-state index < -0.39 is 0 Å². The Kier molecular flexibility index (Phi) is 6.20. The average molecular weight is 395 g/mol. The van der Waals surface area contributed by atoms with Gasteiger partial charge in [0.1, 0.15) is 17.6 Å². The molecule has 140 valence electrons. The molecule has 0 saturated heterocycles. The molecule has 1 aromatic heterocycles. The molecule has 2 heterocycles. The molecule has 26 heavy (non-hydrogen) atoms. The molecule has 0 radical (unpaired) electrons. The summed E-state index contributed by atoms with van der Waals surface area (Å²) in [5, 5.41) is 14.6. The lowest BCUT2D eigenvalue weighted by atomic mass is 10.1. The van der Waals surface area contributed by atoms with Gasteiger partial charge in [-0.3, -0.25) is 4.79 Å². The van der Waals surface area contributed by atoms with Crippen molar-refractivity contribution < 1.29 is 14.3 Å². The largest absolute Gasteiger partial charge is 0.494 e. The summed E-state index contributed by atoms with van der Waals surface area (Å²) in [5.41, 5.74) is 2.08. The first kappa shape index (κ1) is 18.8. The molecule has 2 N–H and O–H groups in total. The van der Waals surface area contributed by atoms with Crippen LogP contribution in [0.4, 0.5) is 5.13 Å². The van der Waals surface area contributed by atoms with E-state index in [0.717, 1.165) is 38.5 Å². The second-order valence-corrected chi connectivity index (χ2v) is 8.02. The molecule has 0 fully saturated rings. The molecule has 0 aliphatic carbocycles. The molecule has 0 bridgehead atoms. The number of aromatic nitrogens is 2. The van der Waals surface area contributed by atoms with Crippen LogP contribution in [0.15, 0.2) is 16.5 Å². The molecule has 7 nitrogen and oxygen atoms in total. The summed E-state index contributed by atoms with van der Waals surface area (Å²) in [6.45, 7) is 4.98. The van der Waals surface area contributed by atoms with Gasteiger partial charge in [0.05, 0.1) is 12.4 Å². The highest BCUT2D eigenvalue weighted by Crippen LogP contribution is 2.35. The van der Waals surface area contributed by atoms with Crippen LogP contribution in [0, 0.1) is 0 Å². The van der Waals surface area contributed by atoms with Gasteiger partial charge >= 0.3 is 0 Å². The third-order valence-corrected chi connectivity index (χ3v) is 5.88. The van der Waals surface area contributed by atoms with Gasteiger partial charge in [-0.1, -0.05) is 23.1 Å². The van der Waals surface area contributed by atoms with E-state index in [4.69, 9.17) is 9.47 Å². The number of benzene rings is 1. The molecule has 0 spiro atoms. The van der Waals surface area contributed by atoms with Gasteiger partial charge in [0.15, 0.2) is 4.34 Å². The second kappa shape index (κ2) is 8.59. The quantitative estimate of drug-likeness (QED) is 0.666. The summed E-state index contributed by atoms with van der Waals surface area (Å²) in [6, 6.07) is 4.00. The van der Waals surface area contributed by atoms with Crippen LogP contribution in [-0.2, 0) is 17.8 Å². The van der Waals surface area contributed by atoms with Gasteiger partial charge in [-0.25, -0.2) is 0 Å². The van der Waals surface area contributed by atoms with Crippen molar-refractivity contribution in [1.29, 1.82) is 0 Å². The topological polar surface area (TPSA) is 85.4 Å². The summed E-state index contributed by atoms with van der Waals surface area (Å²) < 4.78 is 12.3.